The minimum Gasteiger partial charge on any atom is -0.495 e. The van der Waals surface area contributed by atoms with Crippen molar-refractivity contribution in [1.82, 2.24) is 0 Å². The topological polar surface area (TPSA) is 27.7 Å². The first-order valence-corrected chi connectivity index (χ1v) is 7.47. The van der Waals surface area contributed by atoms with Crippen LogP contribution in [0.3, 0.4) is 0 Å². The number of benzene rings is 1. The lowest BCUT2D eigenvalue weighted by Gasteiger charge is -2.20. The Morgan fingerprint density at radius 2 is 2.11 bits per heavy atom. The van der Waals surface area contributed by atoms with Crippen LogP contribution < -0.4 is 9.47 Å². The lowest BCUT2D eigenvalue weighted by atomic mass is 9.95. The largest absolute Gasteiger partial charge is 0.495 e. The zero-order valence-corrected chi connectivity index (χ0v) is 13.6. The van der Waals surface area contributed by atoms with E-state index in [0.29, 0.717) is 12.5 Å². The van der Waals surface area contributed by atoms with Crippen molar-refractivity contribution in [2.75, 3.05) is 20.8 Å². The van der Waals surface area contributed by atoms with Gasteiger partial charge in [0.15, 0.2) is 0 Å². The SMILES string of the molecule is COc1ccc(C(Cl)C2COC(C)C2)c(OC)c1Br. The third kappa shape index (κ3) is 3.01. The molecule has 0 N–H and O–H groups in total. The minimum absolute atomic E-state index is 0.123. The number of halogens is 2. The lowest BCUT2D eigenvalue weighted by Crippen LogP contribution is -2.09. The molecule has 1 aromatic rings. The van der Waals surface area contributed by atoms with Gasteiger partial charge in [0.25, 0.3) is 0 Å². The molecule has 1 heterocycles. The Balaban J connectivity index is 2.31. The maximum absolute atomic E-state index is 6.61. The summed E-state index contributed by atoms with van der Waals surface area (Å²) in [7, 11) is 3.27. The molecule has 0 aromatic heterocycles. The van der Waals surface area contributed by atoms with Crippen LogP contribution in [0.5, 0.6) is 11.5 Å². The molecule has 5 heteroatoms. The lowest BCUT2D eigenvalue weighted by molar-refractivity contribution is 0.119. The third-order valence-electron chi connectivity index (χ3n) is 3.46. The molecular weight excluding hydrogens is 332 g/mol. The zero-order valence-electron chi connectivity index (χ0n) is 11.3. The van der Waals surface area contributed by atoms with Gasteiger partial charge >= 0.3 is 0 Å². The van der Waals surface area contributed by atoms with E-state index in [9.17, 15) is 0 Å². The number of rotatable bonds is 4. The molecule has 19 heavy (non-hydrogen) atoms. The molecule has 1 aromatic carbocycles. The fourth-order valence-corrected chi connectivity index (χ4v) is 3.48. The van der Waals surface area contributed by atoms with Crippen molar-refractivity contribution in [1.29, 1.82) is 0 Å². The highest BCUT2D eigenvalue weighted by Gasteiger charge is 2.31. The van der Waals surface area contributed by atoms with Crippen molar-refractivity contribution in [2.24, 2.45) is 5.92 Å². The Bertz CT molecular complexity index is 453. The van der Waals surface area contributed by atoms with Gasteiger partial charge in [-0.1, -0.05) is 6.07 Å². The molecule has 106 valence electrons. The fraction of sp³-hybridized carbons (Fsp3) is 0.571. The van der Waals surface area contributed by atoms with Gasteiger partial charge in [-0.2, -0.15) is 0 Å². The van der Waals surface area contributed by atoms with Gasteiger partial charge in [-0.25, -0.2) is 0 Å². The summed E-state index contributed by atoms with van der Waals surface area (Å²) in [6.07, 6.45) is 1.25. The molecule has 0 bridgehead atoms. The van der Waals surface area contributed by atoms with Crippen LogP contribution in [0.4, 0.5) is 0 Å². The van der Waals surface area contributed by atoms with Crippen LogP contribution >= 0.6 is 27.5 Å². The standard InChI is InChI=1S/C14H18BrClO3/c1-8-6-9(7-19-8)13(16)10-4-5-11(17-2)12(15)14(10)18-3/h4-5,8-9,13H,6-7H2,1-3H3. The average molecular weight is 350 g/mol. The maximum Gasteiger partial charge on any atom is 0.141 e. The van der Waals surface area contributed by atoms with Gasteiger partial charge in [-0.15, -0.1) is 11.6 Å². The van der Waals surface area contributed by atoms with E-state index < -0.39 is 0 Å². The second-order valence-corrected chi connectivity index (χ2v) is 6.01. The van der Waals surface area contributed by atoms with Gasteiger partial charge in [-0.05, 0) is 35.3 Å². The molecular formula is C14H18BrClO3. The molecule has 0 saturated carbocycles. The molecule has 1 aliphatic rings. The Labute approximate surface area is 127 Å². The first-order chi connectivity index (χ1) is 9.08. The number of hydrogen-bond donors (Lipinski definition) is 0. The average Bonchev–Trinajstić information content (AvgIpc) is 2.84. The van der Waals surface area contributed by atoms with Gasteiger partial charge in [0.2, 0.25) is 0 Å². The summed E-state index contributed by atoms with van der Waals surface area (Å²) in [5.74, 6) is 1.78. The van der Waals surface area contributed by atoms with E-state index >= 15 is 0 Å². The van der Waals surface area contributed by atoms with Gasteiger partial charge in [0, 0.05) is 11.5 Å². The molecule has 3 nitrogen and oxygen atoms in total. The maximum atomic E-state index is 6.61. The molecule has 3 unspecified atom stereocenters. The number of alkyl halides is 1. The van der Waals surface area contributed by atoms with Gasteiger partial charge in [0.05, 0.1) is 32.3 Å². The zero-order chi connectivity index (χ0) is 14.0. The molecule has 0 radical (unpaired) electrons. The van der Waals surface area contributed by atoms with Crippen LogP contribution in [-0.2, 0) is 4.74 Å². The first-order valence-electron chi connectivity index (χ1n) is 6.24. The fourth-order valence-electron chi connectivity index (χ4n) is 2.44. The van der Waals surface area contributed by atoms with E-state index in [1.165, 1.54) is 0 Å². The van der Waals surface area contributed by atoms with Crippen molar-refractivity contribution in [3.05, 3.63) is 22.2 Å². The van der Waals surface area contributed by atoms with Crippen LogP contribution in [0, 0.1) is 5.92 Å². The summed E-state index contributed by atoms with van der Waals surface area (Å²) >= 11 is 10.1. The number of hydrogen-bond acceptors (Lipinski definition) is 3. The van der Waals surface area contributed by atoms with Crippen LogP contribution in [-0.4, -0.2) is 26.9 Å². The smallest absolute Gasteiger partial charge is 0.141 e. The Kier molecular flexibility index (Phi) is 4.98. The van der Waals surface area contributed by atoms with Crippen molar-refractivity contribution < 1.29 is 14.2 Å². The third-order valence-corrected chi connectivity index (χ3v) is 4.80. The van der Waals surface area contributed by atoms with Crippen molar-refractivity contribution in [3.63, 3.8) is 0 Å². The Morgan fingerprint density at radius 3 is 2.63 bits per heavy atom. The second-order valence-electron chi connectivity index (χ2n) is 4.75. The summed E-state index contributed by atoms with van der Waals surface area (Å²) in [4.78, 5) is 0. The molecule has 0 aliphatic carbocycles. The summed E-state index contributed by atoms with van der Waals surface area (Å²) in [6.45, 7) is 2.77. The summed E-state index contributed by atoms with van der Waals surface area (Å²) < 4.78 is 17.1. The monoisotopic (exact) mass is 348 g/mol. The van der Waals surface area contributed by atoms with Crippen LogP contribution in [0.1, 0.15) is 24.3 Å². The normalized spacial score (nSPS) is 24.3. The van der Waals surface area contributed by atoms with E-state index in [0.717, 1.165) is 28.0 Å². The minimum atomic E-state index is -0.123. The molecule has 1 aliphatic heterocycles. The second kappa shape index (κ2) is 6.33. The molecule has 0 amide bonds. The van der Waals surface area contributed by atoms with E-state index in [2.05, 4.69) is 22.9 Å². The van der Waals surface area contributed by atoms with Gasteiger partial charge < -0.3 is 14.2 Å². The predicted octanol–water partition coefficient (Wildman–Crippen LogP) is 4.17. The molecule has 2 rings (SSSR count). The summed E-state index contributed by atoms with van der Waals surface area (Å²) in [5.41, 5.74) is 0.972. The highest BCUT2D eigenvalue weighted by atomic mass is 79.9. The summed E-state index contributed by atoms with van der Waals surface area (Å²) in [6, 6.07) is 3.86. The van der Waals surface area contributed by atoms with Crippen molar-refractivity contribution >= 4 is 27.5 Å². The Morgan fingerprint density at radius 1 is 1.37 bits per heavy atom. The van der Waals surface area contributed by atoms with E-state index in [4.69, 9.17) is 25.8 Å². The van der Waals surface area contributed by atoms with Crippen LogP contribution in [0.25, 0.3) is 0 Å². The molecule has 1 fully saturated rings. The van der Waals surface area contributed by atoms with Crippen LogP contribution in [0.2, 0.25) is 0 Å². The van der Waals surface area contributed by atoms with Crippen LogP contribution in [0.15, 0.2) is 16.6 Å². The van der Waals surface area contributed by atoms with Gasteiger partial charge in [0.1, 0.15) is 16.0 Å². The molecule has 1 saturated heterocycles. The summed E-state index contributed by atoms with van der Waals surface area (Å²) in [5, 5.41) is -0.123. The van der Waals surface area contributed by atoms with E-state index in [1.54, 1.807) is 14.2 Å². The molecule has 0 spiro atoms. The Hall–Kier alpha value is -0.450. The number of ether oxygens (including phenoxy) is 3. The first kappa shape index (κ1) is 14.9. The predicted molar refractivity (Wildman–Crippen MR) is 79.4 cm³/mol. The number of methoxy groups -OCH3 is 2. The highest BCUT2D eigenvalue weighted by molar-refractivity contribution is 9.10. The molecule has 3 atom stereocenters. The van der Waals surface area contributed by atoms with Crippen molar-refractivity contribution in [2.45, 2.75) is 24.8 Å². The van der Waals surface area contributed by atoms with E-state index in [1.807, 2.05) is 12.1 Å². The van der Waals surface area contributed by atoms with Gasteiger partial charge in [-0.3, -0.25) is 0 Å². The van der Waals surface area contributed by atoms with Crippen molar-refractivity contribution in [3.8, 4) is 11.5 Å². The van der Waals surface area contributed by atoms with E-state index in [-0.39, 0.29) is 11.5 Å². The quantitative estimate of drug-likeness (QED) is 0.764. The highest BCUT2D eigenvalue weighted by Crippen LogP contribution is 2.45.